The van der Waals surface area contributed by atoms with E-state index in [0.717, 1.165) is 12.1 Å². The lowest BCUT2D eigenvalue weighted by Gasteiger charge is -2.12. The lowest BCUT2D eigenvalue weighted by atomic mass is 10.1. The fourth-order valence-corrected chi connectivity index (χ4v) is 2.96. The Hall–Kier alpha value is -1.18. The van der Waals surface area contributed by atoms with Gasteiger partial charge in [0.1, 0.15) is 10.7 Å². The Morgan fingerprint density at radius 1 is 1.47 bits per heavy atom. The van der Waals surface area contributed by atoms with Crippen molar-refractivity contribution in [2.75, 3.05) is 6.54 Å². The number of carboxylic acid groups (broad SMARTS) is 1. The highest BCUT2D eigenvalue weighted by Gasteiger charge is 2.50. The molecule has 0 unspecified atom stereocenters. The quantitative estimate of drug-likeness (QED) is 0.866. The molecule has 1 aromatic rings. The van der Waals surface area contributed by atoms with Crippen molar-refractivity contribution in [3.63, 3.8) is 0 Å². The van der Waals surface area contributed by atoms with Gasteiger partial charge in [0, 0.05) is 11.6 Å². The number of rotatable bonds is 5. The summed E-state index contributed by atoms with van der Waals surface area (Å²) in [6.07, 6.45) is 0.821. The van der Waals surface area contributed by atoms with Gasteiger partial charge in [0.2, 0.25) is 10.0 Å². The Morgan fingerprint density at radius 3 is 2.58 bits per heavy atom. The van der Waals surface area contributed by atoms with Crippen LogP contribution in [-0.4, -0.2) is 26.0 Å². The van der Waals surface area contributed by atoms with Crippen LogP contribution in [0.5, 0.6) is 0 Å². The largest absolute Gasteiger partial charge is 0.481 e. The average Bonchev–Trinajstić information content (AvgIpc) is 3.07. The van der Waals surface area contributed by atoms with E-state index in [4.69, 9.17) is 16.7 Å². The Labute approximate surface area is 114 Å². The molecule has 1 fully saturated rings. The van der Waals surface area contributed by atoms with Crippen LogP contribution in [0.2, 0.25) is 5.02 Å². The standard InChI is InChI=1S/C11H11ClFNO4S/c12-7-1-2-9(8(13)5-7)19(17,18)14-6-11(3-4-11)10(15)16/h1-2,5,14H,3-4,6H2,(H,15,16). The van der Waals surface area contributed by atoms with Gasteiger partial charge in [-0.05, 0) is 31.0 Å². The summed E-state index contributed by atoms with van der Waals surface area (Å²) < 4.78 is 39.4. The second-order valence-corrected chi connectivity index (χ2v) is 6.66. The Bertz CT molecular complexity index is 628. The Morgan fingerprint density at radius 2 is 2.11 bits per heavy atom. The van der Waals surface area contributed by atoms with Crippen molar-refractivity contribution in [1.82, 2.24) is 4.72 Å². The van der Waals surface area contributed by atoms with E-state index in [0.29, 0.717) is 12.8 Å². The lowest BCUT2D eigenvalue weighted by molar-refractivity contribution is -0.143. The van der Waals surface area contributed by atoms with Crippen molar-refractivity contribution >= 4 is 27.6 Å². The van der Waals surface area contributed by atoms with Crippen LogP contribution in [0, 0.1) is 11.2 Å². The van der Waals surface area contributed by atoms with Crippen LogP contribution in [0.3, 0.4) is 0 Å². The third kappa shape index (κ3) is 2.88. The molecule has 0 amide bonds. The maximum absolute atomic E-state index is 13.5. The minimum atomic E-state index is -4.08. The second-order valence-electron chi connectivity index (χ2n) is 4.48. The molecule has 1 aliphatic rings. The first-order valence-corrected chi connectivity index (χ1v) is 7.31. The van der Waals surface area contributed by atoms with Gasteiger partial charge in [-0.3, -0.25) is 4.79 Å². The van der Waals surface area contributed by atoms with Gasteiger partial charge in [0.25, 0.3) is 0 Å². The molecule has 0 saturated heterocycles. The highest BCUT2D eigenvalue weighted by molar-refractivity contribution is 7.89. The molecule has 19 heavy (non-hydrogen) atoms. The van der Waals surface area contributed by atoms with Crippen molar-refractivity contribution in [3.05, 3.63) is 29.0 Å². The molecule has 1 aromatic carbocycles. The molecule has 0 atom stereocenters. The molecule has 0 aromatic heterocycles. The van der Waals surface area contributed by atoms with Crippen LogP contribution in [0.25, 0.3) is 0 Å². The zero-order valence-electron chi connectivity index (χ0n) is 9.69. The molecule has 104 valence electrons. The van der Waals surface area contributed by atoms with E-state index in [2.05, 4.69) is 4.72 Å². The number of aliphatic carboxylic acids is 1. The molecule has 8 heteroatoms. The molecule has 2 N–H and O–H groups in total. The SMILES string of the molecule is O=C(O)C1(CNS(=O)(=O)c2ccc(Cl)cc2F)CC1. The van der Waals surface area contributed by atoms with E-state index in [1.54, 1.807) is 0 Å². The average molecular weight is 308 g/mol. The summed E-state index contributed by atoms with van der Waals surface area (Å²) in [5.74, 6) is -2.02. The number of hydrogen-bond acceptors (Lipinski definition) is 3. The third-order valence-corrected chi connectivity index (χ3v) is 4.76. The van der Waals surface area contributed by atoms with E-state index in [-0.39, 0.29) is 11.6 Å². The monoisotopic (exact) mass is 307 g/mol. The number of sulfonamides is 1. The molecule has 1 aliphatic carbocycles. The zero-order valence-corrected chi connectivity index (χ0v) is 11.3. The second kappa shape index (κ2) is 4.73. The molecule has 0 heterocycles. The molecule has 2 rings (SSSR count). The first kappa shape index (κ1) is 14.2. The molecular weight excluding hydrogens is 297 g/mol. The van der Waals surface area contributed by atoms with Gasteiger partial charge in [-0.2, -0.15) is 0 Å². The fraction of sp³-hybridized carbons (Fsp3) is 0.364. The van der Waals surface area contributed by atoms with E-state index >= 15 is 0 Å². The Kier molecular flexibility index (Phi) is 3.55. The predicted molar refractivity (Wildman–Crippen MR) is 65.9 cm³/mol. The fourth-order valence-electron chi connectivity index (χ4n) is 1.62. The zero-order chi connectivity index (χ0) is 14.3. The smallest absolute Gasteiger partial charge is 0.310 e. The number of carbonyl (C=O) groups is 1. The molecule has 0 aliphatic heterocycles. The van der Waals surface area contributed by atoms with Gasteiger partial charge in [-0.1, -0.05) is 11.6 Å². The predicted octanol–water partition coefficient (Wildman–Crippen LogP) is 1.62. The number of halogens is 2. The summed E-state index contributed by atoms with van der Waals surface area (Å²) in [6.45, 7) is -0.243. The van der Waals surface area contributed by atoms with E-state index < -0.39 is 32.1 Å². The number of carboxylic acids is 1. The summed E-state index contributed by atoms with van der Waals surface area (Å²) in [5, 5.41) is 9.02. The molecule has 0 spiro atoms. The highest BCUT2D eigenvalue weighted by atomic mass is 35.5. The molecule has 1 saturated carbocycles. The Balaban J connectivity index is 2.17. The highest BCUT2D eigenvalue weighted by Crippen LogP contribution is 2.45. The van der Waals surface area contributed by atoms with E-state index in [9.17, 15) is 17.6 Å². The normalized spacial score (nSPS) is 17.2. The first-order valence-electron chi connectivity index (χ1n) is 5.45. The number of hydrogen-bond donors (Lipinski definition) is 2. The van der Waals surface area contributed by atoms with E-state index in [1.807, 2.05) is 0 Å². The maximum Gasteiger partial charge on any atom is 0.310 e. The molecule has 0 radical (unpaired) electrons. The van der Waals surface area contributed by atoms with Crippen LogP contribution >= 0.6 is 11.6 Å². The third-order valence-electron chi connectivity index (χ3n) is 3.09. The molecule has 0 bridgehead atoms. The van der Waals surface area contributed by atoms with Crippen LogP contribution in [0.1, 0.15) is 12.8 Å². The van der Waals surface area contributed by atoms with Gasteiger partial charge in [0.05, 0.1) is 5.41 Å². The van der Waals surface area contributed by atoms with Crippen LogP contribution in [0.15, 0.2) is 23.1 Å². The van der Waals surface area contributed by atoms with Crippen molar-refractivity contribution < 1.29 is 22.7 Å². The van der Waals surface area contributed by atoms with Crippen molar-refractivity contribution in [1.29, 1.82) is 0 Å². The van der Waals surface area contributed by atoms with Gasteiger partial charge < -0.3 is 5.11 Å². The topological polar surface area (TPSA) is 83.5 Å². The lowest BCUT2D eigenvalue weighted by Crippen LogP contribution is -2.34. The maximum atomic E-state index is 13.5. The van der Waals surface area contributed by atoms with Crippen LogP contribution in [-0.2, 0) is 14.8 Å². The minimum absolute atomic E-state index is 0.0839. The molecular formula is C11H11ClFNO4S. The van der Waals surface area contributed by atoms with Gasteiger partial charge in [0.15, 0.2) is 0 Å². The first-order chi connectivity index (χ1) is 8.77. The number of nitrogens with one attached hydrogen (secondary N) is 1. The van der Waals surface area contributed by atoms with Crippen molar-refractivity contribution in [3.8, 4) is 0 Å². The summed E-state index contributed by atoms with van der Waals surface area (Å²) >= 11 is 5.54. The van der Waals surface area contributed by atoms with E-state index in [1.165, 1.54) is 6.07 Å². The summed E-state index contributed by atoms with van der Waals surface area (Å²) in [7, 11) is -4.08. The number of benzene rings is 1. The summed E-state index contributed by atoms with van der Waals surface area (Å²) in [4.78, 5) is 10.4. The summed E-state index contributed by atoms with van der Waals surface area (Å²) in [6, 6.07) is 3.18. The minimum Gasteiger partial charge on any atom is -0.481 e. The van der Waals surface area contributed by atoms with Gasteiger partial charge >= 0.3 is 5.97 Å². The van der Waals surface area contributed by atoms with Crippen LogP contribution < -0.4 is 4.72 Å². The molecule has 5 nitrogen and oxygen atoms in total. The van der Waals surface area contributed by atoms with Crippen LogP contribution in [0.4, 0.5) is 4.39 Å². The van der Waals surface area contributed by atoms with Gasteiger partial charge in [-0.15, -0.1) is 0 Å². The van der Waals surface area contributed by atoms with Gasteiger partial charge in [-0.25, -0.2) is 17.5 Å². The van der Waals surface area contributed by atoms with Crippen molar-refractivity contribution in [2.45, 2.75) is 17.7 Å². The van der Waals surface area contributed by atoms with Crippen molar-refractivity contribution in [2.24, 2.45) is 5.41 Å². The summed E-state index contributed by atoms with van der Waals surface area (Å²) in [5.41, 5.74) is -1.05.